The van der Waals surface area contributed by atoms with E-state index in [4.69, 9.17) is 19.9 Å². The molecule has 2 aliphatic heterocycles. The fraction of sp³-hybridized carbons (Fsp3) is 0.542. The Morgan fingerprint density at radius 3 is 2.71 bits per heavy atom. The van der Waals surface area contributed by atoms with E-state index < -0.39 is 0 Å². The number of aromatic nitrogens is 3. The average molecular weight is 484 g/mol. The van der Waals surface area contributed by atoms with Gasteiger partial charge in [0, 0.05) is 57.6 Å². The summed E-state index contributed by atoms with van der Waals surface area (Å²) in [6.45, 7) is 8.90. The van der Waals surface area contributed by atoms with Crippen molar-refractivity contribution in [2.24, 2.45) is 0 Å². The molecule has 0 amide bonds. The molecule has 2 aromatic heterocycles. The van der Waals surface area contributed by atoms with Crippen LogP contribution in [0.15, 0.2) is 29.3 Å². The van der Waals surface area contributed by atoms with E-state index in [0.29, 0.717) is 18.2 Å². The Bertz CT molecular complexity index is 1030. The molecule has 11 heteroatoms. The zero-order valence-electron chi connectivity index (χ0n) is 20.1. The van der Waals surface area contributed by atoms with E-state index in [1.165, 1.54) is 0 Å². The number of hydrogen-bond donors (Lipinski definition) is 2. The fourth-order valence-electron chi connectivity index (χ4n) is 4.51. The Kier molecular flexibility index (Phi) is 10.0. The molecule has 0 bridgehead atoms. The van der Waals surface area contributed by atoms with Gasteiger partial charge in [-0.25, -0.2) is 10.1 Å². The molecule has 2 saturated heterocycles. The molecule has 2 N–H and O–H groups in total. The zero-order valence-corrected chi connectivity index (χ0v) is 20.1. The maximum absolute atomic E-state index is 11.9. The number of ether oxygens (including phenoxy) is 1. The molecule has 4 rings (SSSR count). The second-order valence-corrected chi connectivity index (χ2v) is 8.58. The minimum absolute atomic E-state index is 0.121. The van der Waals surface area contributed by atoms with Crippen LogP contribution in [0.5, 0.6) is 0 Å². The number of nitriles is 1. The van der Waals surface area contributed by atoms with Gasteiger partial charge in [-0.1, -0.05) is 0 Å². The number of hydrogen-bond acceptors (Lipinski definition) is 9. The third-order valence-electron chi connectivity index (χ3n) is 6.41. The lowest BCUT2D eigenvalue weighted by Gasteiger charge is -2.35. The van der Waals surface area contributed by atoms with Gasteiger partial charge in [-0.3, -0.25) is 14.5 Å². The number of rotatable bonds is 8. The van der Waals surface area contributed by atoms with Crippen molar-refractivity contribution >= 4 is 18.0 Å². The lowest BCUT2D eigenvalue weighted by Crippen LogP contribution is -2.47. The second kappa shape index (κ2) is 13.4. The average Bonchev–Trinajstić information content (AvgIpc) is 3.35. The number of piperazine rings is 1. The van der Waals surface area contributed by atoms with Crippen molar-refractivity contribution < 1.29 is 14.6 Å². The highest BCUT2D eigenvalue weighted by atomic mass is 16.5. The smallest absolute Gasteiger partial charge is 0.290 e. The van der Waals surface area contributed by atoms with E-state index >= 15 is 0 Å². The van der Waals surface area contributed by atoms with Crippen LogP contribution in [0.4, 0.5) is 11.5 Å². The Morgan fingerprint density at radius 1 is 1.26 bits per heavy atom. The van der Waals surface area contributed by atoms with Crippen molar-refractivity contribution in [2.75, 3.05) is 62.3 Å². The molecule has 0 spiro atoms. The fourth-order valence-corrected chi connectivity index (χ4v) is 4.51. The highest BCUT2D eigenvalue weighted by molar-refractivity contribution is 5.51. The summed E-state index contributed by atoms with van der Waals surface area (Å²) in [6.07, 6.45) is 6.59. The largest absolute Gasteiger partial charge is 0.483 e. The van der Waals surface area contributed by atoms with Crippen LogP contribution in [0, 0.1) is 18.3 Å². The molecule has 0 radical (unpaired) electrons. The number of carboxylic acid groups (broad SMARTS) is 1. The highest BCUT2D eigenvalue weighted by Crippen LogP contribution is 2.26. The van der Waals surface area contributed by atoms with Gasteiger partial charge in [-0.15, -0.1) is 0 Å². The van der Waals surface area contributed by atoms with Crippen LogP contribution in [0.1, 0.15) is 30.4 Å². The number of pyridine rings is 1. The van der Waals surface area contributed by atoms with Crippen LogP contribution in [-0.4, -0.2) is 90.2 Å². The number of nitrogens with one attached hydrogen (secondary N) is 1. The second-order valence-electron chi connectivity index (χ2n) is 8.58. The maximum Gasteiger partial charge on any atom is 0.290 e. The lowest BCUT2D eigenvalue weighted by molar-refractivity contribution is -0.122. The summed E-state index contributed by atoms with van der Waals surface area (Å²) >= 11 is 0. The molecule has 11 nitrogen and oxygen atoms in total. The Labute approximate surface area is 204 Å². The van der Waals surface area contributed by atoms with E-state index in [0.717, 1.165) is 82.2 Å². The van der Waals surface area contributed by atoms with Gasteiger partial charge in [-0.2, -0.15) is 10.4 Å². The number of aromatic amines is 1. The predicted molar refractivity (Wildman–Crippen MR) is 132 cm³/mol. The topological polar surface area (TPSA) is 139 Å². The minimum atomic E-state index is -0.250. The predicted octanol–water partition coefficient (Wildman–Crippen LogP) is 1.24. The van der Waals surface area contributed by atoms with Gasteiger partial charge in [0.1, 0.15) is 11.9 Å². The zero-order chi connectivity index (χ0) is 25.0. The third-order valence-corrected chi connectivity index (χ3v) is 6.41. The van der Waals surface area contributed by atoms with Gasteiger partial charge >= 0.3 is 0 Å². The van der Waals surface area contributed by atoms with E-state index in [1.807, 2.05) is 19.1 Å². The molecule has 2 aliphatic rings. The van der Waals surface area contributed by atoms with Crippen molar-refractivity contribution in [3.8, 4) is 6.07 Å². The summed E-state index contributed by atoms with van der Waals surface area (Å²) in [4.78, 5) is 31.7. The summed E-state index contributed by atoms with van der Waals surface area (Å²) < 4.78 is 6.02. The number of carbonyl (C=O) groups is 1. The first kappa shape index (κ1) is 26.1. The van der Waals surface area contributed by atoms with E-state index in [2.05, 4.69) is 36.0 Å². The van der Waals surface area contributed by atoms with Crippen LogP contribution < -0.4 is 15.4 Å². The normalized spacial score (nSPS) is 18.0. The lowest BCUT2D eigenvalue weighted by atomic mass is 10.2. The van der Waals surface area contributed by atoms with Crippen molar-refractivity contribution in [1.29, 1.82) is 5.26 Å². The maximum atomic E-state index is 11.9. The first-order chi connectivity index (χ1) is 17.1. The summed E-state index contributed by atoms with van der Waals surface area (Å²) in [5, 5.41) is 22.3. The summed E-state index contributed by atoms with van der Waals surface area (Å²) in [7, 11) is 0. The molecule has 35 heavy (non-hydrogen) atoms. The monoisotopic (exact) mass is 483 g/mol. The Balaban J connectivity index is 0.00000108. The Hall–Kier alpha value is -3.49. The molecule has 188 valence electrons. The van der Waals surface area contributed by atoms with E-state index in [9.17, 15) is 4.79 Å². The van der Waals surface area contributed by atoms with Crippen LogP contribution in [-0.2, 0) is 9.53 Å². The molecular weight excluding hydrogens is 450 g/mol. The van der Waals surface area contributed by atoms with Crippen molar-refractivity contribution in [1.82, 2.24) is 20.1 Å². The van der Waals surface area contributed by atoms with Crippen molar-refractivity contribution in [3.63, 3.8) is 0 Å². The van der Waals surface area contributed by atoms with Crippen LogP contribution in [0.2, 0.25) is 0 Å². The molecule has 0 unspecified atom stereocenters. The van der Waals surface area contributed by atoms with Gasteiger partial charge < -0.3 is 19.6 Å². The van der Waals surface area contributed by atoms with Gasteiger partial charge in [-0.05, 0) is 38.3 Å². The van der Waals surface area contributed by atoms with Gasteiger partial charge in [0.05, 0.1) is 30.1 Å². The van der Waals surface area contributed by atoms with Crippen LogP contribution >= 0.6 is 0 Å². The van der Waals surface area contributed by atoms with Gasteiger partial charge in [0.25, 0.3) is 12.0 Å². The molecule has 0 aliphatic carbocycles. The van der Waals surface area contributed by atoms with Gasteiger partial charge in [0.15, 0.2) is 0 Å². The van der Waals surface area contributed by atoms with Gasteiger partial charge in [0.2, 0.25) is 0 Å². The number of anilines is 2. The summed E-state index contributed by atoms with van der Waals surface area (Å²) in [5.74, 6) is 0.943. The van der Waals surface area contributed by atoms with Crippen molar-refractivity contribution in [3.05, 3.63) is 46.0 Å². The Morgan fingerprint density at radius 2 is 2.03 bits per heavy atom. The summed E-state index contributed by atoms with van der Waals surface area (Å²) in [5.41, 5.74) is 2.12. The van der Waals surface area contributed by atoms with E-state index in [-0.39, 0.29) is 12.0 Å². The molecule has 2 aromatic rings. The molecular formula is C24H33N7O4. The minimum Gasteiger partial charge on any atom is -0.483 e. The molecule has 1 atom stereocenters. The number of nitrogens with zero attached hydrogens (tertiary/aromatic N) is 6. The van der Waals surface area contributed by atoms with Crippen molar-refractivity contribution in [2.45, 2.75) is 32.2 Å². The first-order valence-corrected chi connectivity index (χ1v) is 11.9. The molecule has 4 heterocycles. The SMILES string of the molecule is Cc1c(N2CCC[C@H]2COCCCN2CCN(c3ccc(C#N)cn3)CC2)cn[nH]c1=O.O=CO. The van der Waals surface area contributed by atoms with Crippen LogP contribution in [0.3, 0.4) is 0 Å². The third kappa shape index (κ3) is 7.24. The van der Waals surface area contributed by atoms with E-state index in [1.54, 1.807) is 12.4 Å². The first-order valence-electron chi connectivity index (χ1n) is 11.9. The molecule has 2 fully saturated rings. The number of H-pyrrole nitrogens is 1. The highest BCUT2D eigenvalue weighted by Gasteiger charge is 2.27. The molecule has 0 saturated carbocycles. The van der Waals surface area contributed by atoms with Crippen LogP contribution in [0.25, 0.3) is 0 Å². The summed E-state index contributed by atoms with van der Waals surface area (Å²) in [6, 6.07) is 6.17. The quantitative estimate of drug-likeness (QED) is 0.416. The molecule has 0 aromatic carbocycles. The standard InChI is InChI=1S/C23H31N7O2.CH2O2/c1-18-21(16-26-27-23(18)31)30-8-2-4-20(30)17-32-13-3-7-28-9-11-29(12-10-28)22-6-5-19(14-24)15-25-22;2-1-3/h5-6,15-16,20H,2-4,7-13,17H2,1H3,(H,27,31);1H,(H,2,3)/t20-;/m0./s1.